The van der Waals surface area contributed by atoms with Crippen molar-refractivity contribution in [3.8, 4) is 28.0 Å². The first-order valence-electron chi connectivity index (χ1n) is 8.22. The van der Waals surface area contributed by atoms with Crippen LogP contribution in [0.5, 0.6) is 5.75 Å². The molecule has 0 N–H and O–H groups in total. The molecule has 132 valence electrons. The summed E-state index contributed by atoms with van der Waals surface area (Å²) >= 11 is 6.28. The molecule has 0 unspecified atom stereocenters. The fourth-order valence-electron chi connectivity index (χ4n) is 3.43. The average Bonchev–Trinajstić information content (AvgIpc) is 3.16. The maximum atomic E-state index is 6.28. The van der Waals surface area contributed by atoms with Crippen molar-refractivity contribution in [2.24, 2.45) is 7.05 Å². The van der Waals surface area contributed by atoms with Crippen LogP contribution in [0, 0.1) is 13.8 Å². The smallest absolute Gasteiger partial charge is 0.141 e. The highest BCUT2D eigenvalue weighted by atomic mass is 35.5. The van der Waals surface area contributed by atoms with Gasteiger partial charge in [0.15, 0.2) is 0 Å². The number of rotatable bonds is 3. The van der Waals surface area contributed by atoms with E-state index in [0.717, 1.165) is 50.5 Å². The standard InChI is InChI=1S/C20H18ClN3O2/c1-11-19(12(2)26-23-11)13-7-16(20-17(8-13)22-10-24(20)3)15-9-14(21)5-6-18(15)25-4/h5-10H,1-4H3. The Hall–Kier alpha value is -2.79. The minimum Gasteiger partial charge on any atom is -0.496 e. The van der Waals surface area contributed by atoms with Gasteiger partial charge in [-0.25, -0.2) is 4.98 Å². The molecule has 26 heavy (non-hydrogen) atoms. The highest BCUT2D eigenvalue weighted by Gasteiger charge is 2.19. The predicted molar refractivity (Wildman–Crippen MR) is 103 cm³/mol. The molecule has 5 nitrogen and oxygen atoms in total. The molecule has 2 aromatic heterocycles. The van der Waals surface area contributed by atoms with E-state index in [9.17, 15) is 0 Å². The fourth-order valence-corrected chi connectivity index (χ4v) is 3.60. The number of aromatic nitrogens is 3. The van der Waals surface area contributed by atoms with Gasteiger partial charge < -0.3 is 13.8 Å². The van der Waals surface area contributed by atoms with Gasteiger partial charge in [0.05, 0.1) is 30.2 Å². The van der Waals surface area contributed by atoms with E-state index in [2.05, 4.69) is 22.3 Å². The fraction of sp³-hybridized carbons (Fsp3) is 0.200. The van der Waals surface area contributed by atoms with Crippen LogP contribution >= 0.6 is 11.6 Å². The molecule has 0 aliphatic carbocycles. The van der Waals surface area contributed by atoms with Crippen LogP contribution in [-0.4, -0.2) is 21.8 Å². The first kappa shape index (κ1) is 16.7. The number of ether oxygens (including phenoxy) is 1. The number of benzene rings is 2. The molecule has 0 bridgehead atoms. The van der Waals surface area contributed by atoms with Gasteiger partial charge in [-0.05, 0) is 49.7 Å². The van der Waals surface area contributed by atoms with Crippen LogP contribution in [0.2, 0.25) is 5.02 Å². The van der Waals surface area contributed by atoms with Crippen molar-refractivity contribution in [3.05, 3.63) is 53.1 Å². The normalized spacial score (nSPS) is 11.3. The van der Waals surface area contributed by atoms with Gasteiger partial charge in [0.1, 0.15) is 11.5 Å². The summed E-state index contributed by atoms with van der Waals surface area (Å²) in [6.07, 6.45) is 1.81. The van der Waals surface area contributed by atoms with Crippen LogP contribution in [0.15, 0.2) is 41.2 Å². The van der Waals surface area contributed by atoms with Gasteiger partial charge in [-0.1, -0.05) is 16.8 Å². The number of hydrogen-bond donors (Lipinski definition) is 0. The average molecular weight is 368 g/mol. The van der Waals surface area contributed by atoms with E-state index in [1.807, 2.05) is 50.0 Å². The second-order valence-corrected chi connectivity index (χ2v) is 6.73. The summed E-state index contributed by atoms with van der Waals surface area (Å²) in [4.78, 5) is 4.55. The molecule has 4 aromatic rings. The zero-order valence-corrected chi connectivity index (χ0v) is 15.8. The molecule has 2 heterocycles. The number of hydrogen-bond acceptors (Lipinski definition) is 4. The highest BCUT2D eigenvalue weighted by molar-refractivity contribution is 6.31. The van der Waals surface area contributed by atoms with E-state index in [1.165, 1.54) is 0 Å². The van der Waals surface area contributed by atoms with E-state index in [1.54, 1.807) is 7.11 Å². The zero-order valence-electron chi connectivity index (χ0n) is 15.0. The van der Waals surface area contributed by atoms with Gasteiger partial charge in [0, 0.05) is 28.8 Å². The second-order valence-electron chi connectivity index (χ2n) is 6.29. The van der Waals surface area contributed by atoms with Crippen LogP contribution in [0.4, 0.5) is 0 Å². The maximum Gasteiger partial charge on any atom is 0.141 e. The minimum atomic E-state index is 0.652. The Morgan fingerprint density at radius 3 is 2.62 bits per heavy atom. The van der Waals surface area contributed by atoms with Crippen molar-refractivity contribution in [3.63, 3.8) is 0 Å². The van der Waals surface area contributed by atoms with Crippen molar-refractivity contribution in [2.45, 2.75) is 13.8 Å². The second kappa shape index (κ2) is 6.18. The zero-order chi connectivity index (χ0) is 18.4. The molecule has 0 aliphatic rings. The predicted octanol–water partition coefficient (Wildman–Crippen LogP) is 5.17. The number of halogens is 1. The summed E-state index contributed by atoms with van der Waals surface area (Å²) in [6.45, 7) is 3.85. The van der Waals surface area contributed by atoms with Crippen LogP contribution < -0.4 is 4.74 Å². The molecule has 0 atom stereocenters. The first-order chi connectivity index (χ1) is 12.5. The van der Waals surface area contributed by atoms with Crippen LogP contribution in [0.3, 0.4) is 0 Å². The Bertz CT molecular complexity index is 1110. The largest absolute Gasteiger partial charge is 0.496 e. The van der Waals surface area contributed by atoms with Crippen molar-refractivity contribution in [1.82, 2.24) is 14.7 Å². The summed E-state index contributed by atoms with van der Waals surface area (Å²) in [7, 11) is 3.64. The third-order valence-corrected chi connectivity index (χ3v) is 4.82. The number of nitrogens with zero attached hydrogens (tertiary/aromatic N) is 3. The Kier molecular flexibility index (Phi) is 3.96. The molecule has 4 rings (SSSR count). The van der Waals surface area contributed by atoms with Gasteiger partial charge in [-0.15, -0.1) is 0 Å². The molecule has 0 aliphatic heterocycles. The lowest BCUT2D eigenvalue weighted by Gasteiger charge is -2.13. The molecule has 0 amide bonds. The Morgan fingerprint density at radius 1 is 1.12 bits per heavy atom. The molecule has 6 heteroatoms. The molecule has 0 radical (unpaired) electrons. The van der Waals surface area contributed by atoms with Gasteiger partial charge in [0.2, 0.25) is 0 Å². The van der Waals surface area contributed by atoms with E-state index >= 15 is 0 Å². The van der Waals surface area contributed by atoms with Gasteiger partial charge in [-0.2, -0.15) is 0 Å². The van der Waals surface area contributed by atoms with Gasteiger partial charge in [0.25, 0.3) is 0 Å². The summed E-state index contributed by atoms with van der Waals surface area (Å²) in [5.74, 6) is 1.54. The van der Waals surface area contributed by atoms with E-state index < -0.39 is 0 Å². The van der Waals surface area contributed by atoms with Gasteiger partial charge >= 0.3 is 0 Å². The van der Waals surface area contributed by atoms with E-state index in [0.29, 0.717) is 5.02 Å². The van der Waals surface area contributed by atoms with Crippen molar-refractivity contribution in [1.29, 1.82) is 0 Å². The molecule has 2 aromatic carbocycles. The number of aryl methyl sites for hydroxylation is 3. The molecule has 0 saturated heterocycles. The lowest BCUT2D eigenvalue weighted by molar-refractivity contribution is 0.393. The van der Waals surface area contributed by atoms with Crippen LogP contribution in [0.1, 0.15) is 11.5 Å². The van der Waals surface area contributed by atoms with Crippen molar-refractivity contribution in [2.75, 3.05) is 7.11 Å². The van der Waals surface area contributed by atoms with Gasteiger partial charge in [-0.3, -0.25) is 0 Å². The molecule has 0 spiro atoms. The Balaban J connectivity index is 2.09. The molecule has 0 saturated carbocycles. The van der Waals surface area contributed by atoms with Crippen molar-refractivity contribution < 1.29 is 9.26 Å². The van der Waals surface area contributed by atoms with Crippen molar-refractivity contribution >= 4 is 22.6 Å². The third kappa shape index (κ3) is 2.56. The quantitative estimate of drug-likeness (QED) is 0.501. The lowest BCUT2D eigenvalue weighted by Crippen LogP contribution is -1.94. The van der Waals surface area contributed by atoms with E-state index in [4.69, 9.17) is 20.9 Å². The Labute approximate surface area is 156 Å². The van der Waals surface area contributed by atoms with Crippen LogP contribution in [0.25, 0.3) is 33.3 Å². The maximum absolute atomic E-state index is 6.28. The summed E-state index contributed by atoms with van der Waals surface area (Å²) in [5.41, 5.74) is 6.66. The summed E-state index contributed by atoms with van der Waals surface area (Å²) < 4.78 is 12.9. The number of methoxy groups -OCH3 is 1. The first-order valence-corrected chi connectivity index (χ1v) is 8.59. The monoisotopic (exact) mass is 367 g/mol. The number of fused-ring (bicyclic) bond motifs is 1. The molecular formula is C20H18ClN3O2. The highest BCUT2D eigenvalue weighted by Crippen LogP contribution is 2.40. The number of imidazole rings is 1. The SMILES string of the molecule is COc1ccc(Cl)cc1-c1cc(-c2c(C)noc2C)cc2ncn(C)c12. The third-order valence-electron chi connectivity index (χ3n) is 4.59. The van der Waals surface area contributed by atoms with E-state index in [-0.39, 0.29) is 0 Å². The Morgan fingerprint density at radius 2 is 1.92 bits per heavy atom. The summed E-state index contributed by atoms with van der Waals surface area (Å²) in [6, 6.07) is 9.79. The van der Waals surface area contributed by atoms with Crippen LogP contribution in [-0.2, 0) is 7.05 Å². The summed E-state index contributed by atoms with van der Waals surface area (Å²) in [5, 5.41) is 4.73. The molecule has 0 fully saturated rings. The topological polar surface area (TPSA) is 53.1 Å². The minimum absolute atomic E-state index is 0.652. The lowest BCUT2D eigenvalue weighted by atomic mass is 9.96. The molecular weight excluding hydrogens is 350 g/mol.